The van der Waals surface area contributed by atoms with Crippen molar-refractivity contribution >= 4 is 11.6 Å². The number of hydrogen-bond acceptors (Lipinski definition) is 4. The van der Waals surface area contributed by atoms with E-state index < -0.39 is 0 Å². The minimum absolute atomic E-state index is 0.00283. The lowest BCUT2D eigenvalue weighted by Crippen LogP contribution is -2.24. The molecule has 5 nitrogen and oxygen atoms in total. The van der Waals surface area contributed by atoms with Crippen molar-refractivity contribution in [3.63, 3.8) is 0 Å². The van der Waals surface area contributed by atoms with E-state index in [9.17, 15) is 9.90 Å². The molecule has 3 N–H and O–H groups in total. The van der Waals surface area contributed by atoms with Crippen LogP contribution in [-0.2, 0) is 11.3 Å². The first-order valence-electron chi connectivity index (χ1n) is 7.47. The van der Waals surface area contributed by atoms with Crippen LogP contribution in [0, 0.1) is 0 Å². The maximum absolute atomic E-state index is 11.0. The van der Waals surface area contributed by atoms with E-state index in [0.717, 1.165) is 22.6 Å². The van der Waals surface area contributed by atoms with Crippen molar-refractivity contribution in [1.82, 2.24) is 5.32 Å². The highest BCUT2D eigenvalue weighted by molar-refractivity contribution is 5.88. The van der Waals surface area contributed by atoms with E-state index in [4.69, 9.17) is 4.74 Å². The van der Waals surface area contributed by atoms with Crippen molar-refractivity contribution in [3.8, 4) is 5.75 Å². The van der Waals surface area contributed by atoms with Gasteiger partial charge in [-0.1, -0.05) is 24.3 Å². The number of anilines is 1. The summed E-state index contributed by atoms with van der Waals surface area (Å²) in [5.74, 6) is 0.677. The van der Waals surface area contributed by atoms with Gasteiger partial charge in [0.05, 0.1) is 19.8 Å². The topological polar surface area (TPSA) is 70.6 Å². The largest absolute Gasteiger partial charge is 0.497 e. The Kier molecular flexibility index (Phi) is 6.14. The van der Waals surface area contributed by atoms with E-state index in [-0.39, 0.29) is 18.6 Å². The first-order chi connectivity index (χ1) is 11.1. The fourth-order valence-electron chi connectivity index (χ4n) is 2.30. The Balaban J connectivity index is 1.98. The summed E-state index contributed by atoms with van der Waals surface area (Å²) in [4.78, 5) is 11.0. The minimum Gasteiger partial charge on any atom is -0.497 e. The number of methoxy groups -OCH3 is 1. The molecule has 0 saturated carbocycles. The van der Waals surface area contributed by atoms with Crippen LogP contribution in [-0.4, -0.2) is 24.7 Å². The molecule has 0 spiro atoms. The number of carbonyl (C=O) groups is 1. The smallest absolute Gasteiger partial charge is 0.221 e. The SMILES string of the molecule is COc1cccc(C(CO)NCc2ccc(NC(C)=O)cc2)c1. The van der Waals surface area contributed by atoms with Gasteiger partial charge in [0.1, 0.15) is 5.75 Å². The number of rotatable bonds is 7. The third-order valence-corrected chi connectivity index (χ3v) is 3.51. The summed E-state index contributed by atoms with van der Waals surface area (Å²) in [5.41, 5.74) is 2.81. The van der Waals surface area contributed by atoms with Crippen molar-refractivity contribution in [2.24, 2.45) is 0 Å². The van der Waals surface area contributed by atoms with Gasteiger partial charge in [-0.25, -0.2) is 0 Å². The van der Waals surface area contributed by atoms with Crippen molar-refractivity contribution in [3.05, 3.63) is 59.7 Å². The number of ether oxygens (including phenoxy) is 1. The second kappa shape index (κ2) is 8.31. The quantitative estimate of drug-likeness (QED) is 0.734. The Labute approximate surface area is 136 Å². The highest BCUT2D eigenvalue weighted by atomic mass is 16.5. The molecule has 1 amide bonds. The summed E-state index contributed by atoms with van der Waals surface area (Å²) in [6, 6.07) is 15.1. The number of amides is 1. The number of nitrogens with one attached hydrogen (secondary N) is 2. The van der Waals surface area contributed by atoms with E-state index in [1.807, 2.05) is 48.5 Å². The van der Waals surface area contributed by atoms with E-state index in [2.05, 4.69) is 10.6 Å². The van der Waals surface area contributed by atoms with Crippen molar-refractivity contribution < 1.29 is 14.6 Å². The molecule has 23 heavy (non-hydrogen) atoms. The van der Waals surface area contributed by atoms with Crippen LogP contribution in [0.4, 0.5) is 5.69 Å². The highest BCUT2D eigenvalue weighted by Crippen LogP contribution is 2.19. The highest BCUT2D eigenvalue weighted by Gasteiger charge is 2.10. The van der Waals surface area contributed by atoms with Crippen molar-refractivity contribution in [1.29, 1.82) is 0 Å². The van der Waals surface area contributed by atoms with Gasteiger partial charge >= 0.3 is 0 Å². The molecule has 0 aliphatic rings. The van der Waals surface area contributed by atoms with Gasteiger partial charge in [-0.2, -0.15) is 0 Å². The van der Waals surface area contributed by atoms with Gasteiger partial charge in [-0.15, -0.1) is 0 Å². The van der Waals surface area contributed by atoms with E-state index >= 15 is 0 Å². The van der Waals surface area contributed by atoms with Crippen LogP contribution in [0.5, 0.6) is 5.75 Å². The first kappa shape index (κ1) is 17.0. The predicted octanol–water partition coefficient (Wildman–Crippen LogP) is 2.48. The second-order valence-electron chi connectivity index (χ2n) is 5.27. The van der Waals surface area contributed by atoms with Gasteiger partial charge < -0.3 is 20.5 Å². The molecule has 5 heteroatoms. The molecule has 0 aromatic heterocycles. The summed E-state index contributed by atoms with van der Waals surface area (Å²) < 4.78 is 5.21. The molecule has 2 aromatic rings. The van der Waals surface area contributed by atoms with Gasteiger partial charge in [-0.3, -0.25) is 4.79 Å². The normalized spacial score (nSPS) is 11.8. The lowest BCUT2D eigenvalue weighted by Gasteiger charge is -2.17. The lowest BCUT2D eigenvalue weighted by molar-refractivity contribution is -0.114. The zero-order valence-corrected chi connectivity index (χ0v) is 13.4. The van der Waals surface area contributed by atoms with Crippen LogP contribution >= 0.6 is 0 Å². The van der Waals surface area contributed by atoms with E-state index in [1.165, 1.54) is 6.92 Å². The standard InChI is InChI=1S/C18H22N2O3/c1-13(22)20-16-8-6-14(7-9-16)11-19-18(12-21)15-4-3-5-17(10-15)23-2/h3-10,18-19,21H,11-12H2,1-2H3,(H,20,22). The van der Waals surface area contributed by atoms with Gasteiger partial charge in [0, 0.05) is 19.2 Å². The molecule has 0 bridgehead atoms. The second-order valence-corrected chi connectivity index (χ2v) is 5.27. The minimum atomic E-state index is -0.167. The molecular weight excluding hydrogens is 292 g/mol. The van der Waals surface area contributed by atoms with Crippen LogP contribution in [0.15, 0.2) is 48.5 Å². The average molecular weight is 314 g/mol. The zero-order valence-electron chi connectivity index (χ0n) is 13.4. The predicted molar refractivity (Wildman–Crippen MR) is 90.4 cm³/mol. The summed E-state index contributed by atoms with van der Waals surface area (Å²) >= 11 is 0. The molecule has 0 fully saturated rings. The Morgan fingerprint density at radius 1 is 1.22 bits per heavy atom. The molecule has 0 aliphatic carbocycles. The van der Waals surface area contributed by atoms with Crippen LogP contribution in [0.3, 0.4) is 0 Å². The molecule has 1 unspecified atom stereocenters. The molecule has 1 atom stereocenters. The maximum atomic E-state index is 11.0. The van der Waals surface area contributed by atoms with Gasteiger partial charge in [0.2, 0.25) is 5.91 Å². The number of hydrogen-bond donors (Lipinski definition) is 3. The summed E-state index contributed by atoms with van der Waals surface area (Å²) in [6.45, 7) is 2.09. The van der Waals surface area contributed by atoms with Crippen molar-refractivity contribution in [2.45, 2.75) is 19.5 Å². The summed E-state index contributed by atoms with van der Waals surface area (Å²) in [6.07, 6.45) is 0. The van der Waals surface area contributed by atoms with Gasteiger partial charge in [0.15, 0.2) is 0 Å². The Morgan fingerprint density at radius 2 is 1.96 bits per heavy atom. The molecule has 2 aromatic carbocycles. The van der Waals surface area contributed by atoms with E-state index in [0.29, 0.717) is 6.54 Å². The van der Waals surface area contributed by atoms with Crippen LogP contribution in [0.1, 0.15) is 24.1 Å². The number of carbonyl (C=O) groups excluding carboxylic acids is 1. The summed E-state index contributed by atoms with van der Waals surface area (Å²) in [5, 5.41) is 15.7. The molecule has 0 radical (unpaired) electrons. The molecule has 122 valence electrons. The average Bonchev–Trinajstić information content (AvgIpc) is 2.56. The van der Waals surface area contributed by atoms with E-state index in [1.54, 1.807) is 7.11 Å². The van der Waals surface area contributed by atoms with Crippen molar-refractivity contribution in [2.75, 3.05) is 19.0 Å². The van der Waals surface area contributed by atoms with Gasteiger partial charge in [-0.05, 0) is 35.4 Å². The third kappa shape index (κ3) is 5.09. The summed E-state index contributed by atoms with van der Waals surface area (Å²) in [7, 11) is 1.62. The maximum Gasteiger partial charge on any atom is 0.221 e. The molecule has 0 heterocycles. The van der Waals surface area contributed by atoms with Crippen LogP contribution < -0.4 is 15.4 Å². The first-order valence-corrected chi connectivity index (χ1v) is 7.47. The number of aliphatic hydroxyl groups excluding tert-OH is 1. The molecule has 0 aliphatic heterocycles. The van der Waals surface area contributed by atoms with Crippen LogP contribution in [0.25, 0.3) is 0 Å². The Bertz CT molecular complexity index is 641. The third-order valence-electron chi connectivity index (χ3n) is 3.51. The number of aliphatic hydroxyl groups is 1. The molecular formula is C18H22N2O3. The fraction of sp³-hybridized carbons (Fsp3) is 0.278. The lowest BCUT2D eigenvalue weighted by atomic mass is 10.1. The molecule has 2 rings (SSSR count). The number of benzene rings is 2. The zero-order chi connectivity index (χ0) is 16.7. The monoisotopic (exact) mass is 314 g/mol. The fourth-order valence-corrected chi connectivity index (χ4v) is 2.30. The Hall–Kier alpha value is -2.37. The Morgan fingerprint density at radius 3 is 2.57 bits per heavy atom. The van der Waals surface area contributed by atoms with Gasteiger partial charge in [0.25, 0.3) is 0 Å². The molecule has 0 saturated heterocycles. The van der Waals surface area contributed by atoms with Crippen LogP contribution in [0.2, 0.25) is 0 Å².